The molecule has 1 aromatic heterocycles. The van der Waals surface area contributed by atoms with E-state index in [9.17, 15) is 4.79 Å². The van der Waals surface area contributed by atoms with Gasteiger partial charge in [0.25, 0.3) is 0 Å². The molecule has 1 amide bonds. The molecule has 1 fully saturated rings. The van der Waals surface area contributed by atoms with Crippen LogP contribution in [0.25, 0.3) is 0 Å². The fourth-order valence-electron chi connectivity index (χ4n) is 3.12. The maximum Gasteiger partial charge on any atom is 0.241 e. The number of rotatable bonds is 6. The van der Waals surface area contributed by atoms with Crippen LogP contribution in [-0.2, 0) is 11.3 Å². The lowest BCUT2D eigenvalue weighted by atomic mass is 10.2. The summed E-state index contributed by atoms with van der Waals surface area (Å²) < 4.78 is 6.13. The second-order valence-corrected chi connectivity index (χ2v) is 8.18. The largest absolute Gasteiger partial charge is 0.495 e. The van der Waals surface area contributed by atoms with Crippen molar-refractivity contribution in [2.45, 2.75) is 19.5 Å². The van der Waals surface area contributed by atoms with Gasteiger partial charge in [-0.2, -0.15) is 0 Å². The van der Waals surface area contributed by atoms with Crippen molar-refractivity contribution in [1.82, 2.24) is 9.80 Å². The number of ether oxygens (including phenoxy) is 1. The molecule has 26 heavy (non-hydrogen) atoms. The molecule has 1 aromatic carbocycles. The molecule has 0 radical (unpaired) electrons. The Kier molecular flexibility index (Phi) is 6.53. The Morgan fingerprint density at radius 1 is 1.23 bits per heavy atom. The molecule has 0 aliphatic carbocycles. The molecule has 2 heterocycles. The molecular formula is C19H24ClN3O2S. The van der Waals surface area contributed by atoms with Gasteiger partial charge in [-0.15, -0.1) is 11.3 Å². The van der Waals surface area contributed by atoms with Gasteiger partial charge in [0.15, 0.2) is 0 Å². The number of nitrogens with zero attached hydrogens (tertiary/aromatic N) is 2. The van der Waals surface area contributed by atoms with Crippen molar-refractivity contribution in [2.24, 2.45) is 0 Å². The zero-order valence-electron chi connectivity index (χ0n) is 15.1. The maximum absolute atomic E-state index is 12.6. The van der Waals surface area contributed by atoms with E-state index in [1.807, 2.05) is 37.3 Å². The van der Waals surface area contributed by atoms with Gasteiger partial charge in [-0.05, 0) is 31.2 Å². The van der Waals surface area contributed by atoms with E-state index in [-0.39, 0.29) is 11.9 Å². The molecule has 140 valence electrons. The summed E-state index contributed by atoms with van der Waals surface area (Å²) >= 11 is 7.64. The number of hydrogen-bond acceptors (Lipinski definition) is 5. The summed E-state index contributed by atoms with van der Waals surface area (Å²) in [6.45, 7) is 6.52. The molecule has 3 rings (SSSR count). The monoisotopic (exact) mass is 393 g/mol. The van der Waals surface area contributed by atoms with Crippen LogP contribution in [0.1, 0.15) is 11.8 Å². The van der Waals surface area contributed by atoms with Crippen LogP contribution in [0.5, 0.6) is 5.75 Å². The van der Waals surface area contributed by atoms with Crippen molar-refractivity contribution in [2.75, 3.05) is 38.6 Å². The molecule has 0 saturated carbocycles. The van der Waals surface area contributed by atoms with Crippen LogP contribution in [-0.4, -0.2) is 55.0 Å². The first-order valence-corrected chi connectivity index (χ1v) is 9.91. The molecule has 1 N–H and O–H groups in total. The Hall–Kier alpha value is -1.60. The first-order valence-electron chi connectivity index (χ1n) is 8.71. The van der Waals surface area contributed by atoms with E-state index >= 15 is 0 Å². The number of carbonyl (C=O) groups excluding carboxylic acids is 1. The summed E-state index contributed by atoms with van der Waals surface area (Å²) in [5.41, 5.74) is 0.708. The SMILES string of the molecule is COc1ccccc1NC(=O)[C@@H](C)N1CCN(Cc2ccc(Cl)s2)CC1. The van der Waals surface area contributed by atoms with E-state index in [1.165, 1.54) is 4.88 Å². The third-order valence-corrected chi connectivity index (χ3v) is 5.92. The number of piperazine rings is 1. The Balaban J connectivity index is 1.51. The van der Waals surface area contributed by atoms with E-state index in [0.717, 1.165) is 37.1 Å². The third kappa shape index (κ3) is 4.76. The van der Waals surface area contributed by atoms with Crippen LogP contribution < -0.4 is 10.1 Å². The third-order valence-electron chi connectivity index (χ3n) is 4.71. The Labute approximate surface area is 163 Å². The predicted molar refractivity (Wildman–Crippen MR) is 107 cm³/mol. The van der Waals surface area contributed by atoms with E-state index < -0.39 is 0 Å². The van der Waals surface area contributed by atoms with Crippen molar-refractivity contribution >= 4 is 34.5 Å². The molecule has 1 aliphatic heterocycles. The highest BCUT2D eigenvalue weighted by atomic mass is 35.5. The van der Waals surface area contributed by atoms with Crippen molar-refractivity contribution in [1.29, 1.82) is 0 Å². The van der Waals surface area contributed by atoms with Crippen molar-refractivity contribution in [3.63, 3.8) is 0 Å². The lowest BCUT2D eigenvalue weighted by Crippen LogP contribution is -2.52. The van der Waals surface area contributed by atoms with Gasteiger partial charge in [0.2, 0.25) is 5.91 Å². The summed E-state index contributed by atoms with van der Waals surface area (Å²) in [5.74, 6) is 0.667. The molecule has 1 atom stereocenters. The topological polar surface area (TPSA) is 44.8 Å². The van der Waals surface area contributed by atoms with Crippen LogP contribution in [0.4, 0.5) is 5.69 Å². The number of para-hydroxylation sites is 2. The number of carbonyl (C=O) groups is 1. The lowest BCUT2D eigenvalue weighted by Gasteiger charge is -2.37. The minimum absolute atomic E-state index is 0.00649. The highest BCUT2D eigenvalue weighted by molar-refractivity contribution is 7.16. The fourth-order valence-corrected chi connectivity index (χ4v) is 4.25. The number of benzene rings is 1. The van der Waals surface area contributed by atoms with Crippen molar-refractivity contribution < 1.29 is 9.53 Å². The number of amides is 1. The molecule has 0 spiro atoms. The van der Waals surface area contributed by atoms with Crippen LogP contribution in [0.3, 0.4) is 0 Å². The molecule has 7 heteroatoms. The van der Waals surface area contributed by atoms with Gasteiger partial charge in [0.05, 0.1) is 23.2 Å². The van der Waals surface area contributed by atoms with E-state index in [0.29, 0.717) is 11.4 Å². The molecule has 1 aliphatic rings. The Bertz CT molecular complexity index is 744. The molecule has 0 bridgehead atoms. The number of hydrogen-bond donors (Lipinski definition) is 1. The number of methoxy groups -OCH3 is 1. The summed E-state index contributed by atoms with van der Waals surface area (Å²) in [6.07, 6.45) is 0. The van der Waals surface area contributed by atoms with Gasteiger partial charge < -0.3 is 10.1 Å². The second kappa shape index (κ2) is 8.86. The quantitative estimate of drug-likeness (QED) is 0.815. The van der Waals surface area contributed by atoms with Gasteiger partial charge in [-0.3, -0.25) is 14.6 Å². The van der Waals surface area contributed by atoms with Gasteiger partial charge in [-0.1, -0.05) is 23.7 Å². The number of halogens is 1. The normalized spacial score (nSPS) is 17.0. The summed E-state index contributed by atoms with van der Waals surface area (Å²) in [5, 5.41) is 2.98. The van der Waals surface area contributed by atoms with Crippen LogP contribution in [0.2, 0.25) is 4.34 Å². The van der Waals surface area contributed by atoms with Crippen LogP contribution >= 0.6 is 22.9 Å². The molecule has 2 aromatic rings. The molecule has 5 nitrogen and oxygen atoms in total. The highest BCUT2D eigenvalue weighted by Crippen LogP contribution is 2.25. The smallest absolute Gasteiger partial charge is 0.241 e. The van der Waals surface area contributed by atoms with Crippen LogP contribution in [0.15, 0.2) is 36.4 Å². The molecule has 1 saturated heterocycles. The average molecular weight is 394 g/mol. The highest BCUT2D eigenvalue weighted by Gasteiger charge is 2.26. The first-order chi connectivity index (χ1) is 12.6. The zero-order chi connectivity index (χ0) is 18.5. The minimum Gasteiger partial charge on any atom is -0.495 e. The summed E-state index contributed by atoms with van der Waals surface area (Å²) in [7, 11) is 1.61. The molecular weight excluding hydrogens is 370 g/mol. The predicted octanol–water partition coefficient (Wildman–Crippen LogP) is 3.55. The summed E-state index contributed by atoms with van der Waals surface area (Å²) in [6, 6.07) is 11.3. The van der Waals surface area contributed by atoms with Crippen molar-refractivity contribution in [3.8, 4) is 5.75 Å². The Morgan fingerprint density at radius 3 is 2.62 bits per heavy atom. The van der Waals surface area contributed by atoms with E-state index in [4.69, 9.17) is 16.3 Å². The van der Waals surface area contributed by atoms with E-state index in [2.05, 4.69) is 21.2 Å². The fraction of sp³-hybridized carbons (Fsp3) is 0.421. The first kappa shape index (κ1) is 19.2. The van der Waals surface area contributed by atoms with E-state index in [1.54, 1.807) is 18.4 Å². The zero-order valence-corrected chi connectivity index (χ0v) is 16.6. The van der Waals surface area contributed by atoms with Crippen LogP contribution in [0, 0.1) is 0 Å². The maximum atomic E-state index is 12.6. The van der Waals surface area contributed by atoms with Gasteiger partial charge in [-0.25, -0.2) is 0 Å². The Morgan fingerprint density at radius 2 is 1.96 bits per heavy atom. The second-order valence-electron chi connectivity index (χ2n) is 6.38. The van der Waals surface area contributed by atoms with Gasteiger partial charge >= 0.3 is 0 Å². The number of thiophene rings is 1. The number of anilines is 1. The average Bonchev–Trinajstić information content (AvgIpc) is 3.07. The molecule has 0 unspecified atom stereocenters. The van der Waals surface area contributed by atoms with Gasteiger partial charge in [0, 0.05) is 37.6 Å². The number of nitrogens with one attached hydrogen (secondary N) is 1. The summed E-state index contributed by atoms with van der Waals surface area (Å²) in [4.78, 5) is 18.5. The van der Waals surface area contributed by atoms with Gasteiger partial charge in [0.1, 0.15) is 5.75 Å². The van der Waals surface area contributed by atoms with Crippen molar-refractivity contribution in [3.05, 3.63) is 45.6 Å². The standard InChI is InChI=1S/C19H24ClN3O2S/c1-14(19(24)21-16-5-3-4-6-17(16)25-2)23-11-9-22(10-12-23)13-15-7-8-18(20)26-15/h3-8,14H,9-13H2,1-2H3,(H,21,24)/t14-/m1/s1. The minimum atomic E-state index is -0.182. The lowest BCUT2D eigenvalue weighted by molar-refractivity contribution is -0.121.